The van der Waals surface area contributed by atoms with Crippen LogP contribution in [0.15, 0.2) is 42.6 Å². The number of carbonyl (C=O) groups is 1. The number of halogens is 3. The van der Waals surface area contributed by atoms with Crippen molar-refractivity contribution >= 4 is 11.8 Å². The van der Waals surface area contributed by atoms with Gasteiger partial charge >= 0.3 is 12.3 Å². The minimum absolute atomic E-state index is 0.285. The summed E-state index contributed by atoms with van der Waals surface area (Å²) in [6, 6.07) is 7.58. The number of nitrogens with zero attached hydrogens (tertiary/aromatic N) is 1. The normalized spacial score (nSPS) is 11.2. The highest BCUT2D eigenvalue weighted by molar-refractivity contribution is 5.82. The number of pyridine rings is 1. The Morgan fingerprint density at radius 1 is 1.10 bits per heavy atom. The quantitative estimate of drug-likeness (QED) is 0.879. The van der Waals surface area contributed by atoms with Crippen LogP contribution >= 0.6 is 0 Å². The molecule has 0 aliphatic rings. The van der Waals surface area contributed by atoms with Crippen molar-refractivity contribution in [2.75, 3.05) is 5.32 Å². The number of amides is 1. The van der Waals surface area contributed by atoms with E-state index < -0.39 is 17.8 Å². The third-order valence-corrected chi connectivity index (χ3v) is 2.52. The molecule has 0 unspecified atom stereocenters. The van der Waals surface area contributed by atoms with Crippen molar-refractivity contribution in [2.24, 2.45) is 0 Å². The van der Waals surface area contributed by atoms with Gasteiger partial charge in [0.05, 0.1) is 23.1 Å². The molecule has 20 heavy (non-hydrogen) atoms. The number of benzene rings is 1. The van der Waals surface area contributed by atoms with Gasteiger partial charge in [-0.25, -0.2) is 4.79 Å². The molecule has 0 aliphatic carbocycles. The predicted molar refractivity (Wildman–Crippen MR) is 66.3 cm³/mol. The van der Waals surface area contributed by atoms with Crippen molar-refractivity contribution in [3.05, 3.63) is 48.2 Å². The molecule has 2 aromatic rings. The minimum atomic E-state index is -4.37. The number of nitrogens with one attached hydrogen (secondary N) is 1. The van der Waals surface area contributed by atoms with Crippen molar-refractivity contribution in [1.29, 1.82) is 0 Å². The van der Waals surface area contributed by atoms with Crippen LogP contribution in [-0.4, -0.2) is 16.2 Å². The van der Waals surface area contributed by atoms with Gasteiger partial charge in [-0.15, -0.1) is 0 Å². The van der Waals surface area contributed by atoms with Crippen LogP contribution < -0.4 is 5.32 Å². The van der Waals surface area contributed by atoms with Crippen molar-refractivity contribution in [3.63, 3.8) is 0 Å². The Labute approximate surface area is 111 Å². The average molecular weight is 282 g/mol. The molecule has 4 nitrogen and oxygen atoms in total. The number of aromatic nitrogens is 1. The summed E-state index contributed by atoms with van der Waals surface area (Å²) in [6.07, 6.45) is -4.29. The molecule has 0 saturated carbocycles. The minimum Gasteiger partial charge on any atom is -0.465 e. The van der Waals surface area contributed by atoms with Crippen LogP contribution in [0, 0.1) is 0 Å². The van der Waals surface area contributed by atoms with Crippen LogP contribution in [0.1, 0.15) is 5.56 Å². The highest BCUT2D eigenvalue weighted by Gasteiger charge is 2.29. The summed E-state index contributed by atoms with van der Waals surface area (Å²) >= 11 is 0. The highest BCUT2D eigenvalue weighted by Crippen LogP contribution is 2.30. The maximum absolute atomic E-state index is 12.4. The van der Waals surface area contributed by atoms with Gasteiger partial charge in [-0.1, -0.05) is 12.1 Å². The van der Waals surface area contributed by atoms with E-state index in [1.165, 1.54) is 30.5 Å². The van der Waals surface area contributed by atoms with Crippen LogP contribution in [0.25, 0.3) is 11.3 Å². The molecule has 0 bridgehead atoms. The first-order chi connectivity index (χ1) is 9.36. The molecule has 2 N–H and O–H groups in total. The molecule has 104 valence electrons. The molecule has 1 aromatic carbocycles. The van der Waals surface area contributed by atoms with Gasteiger partial charge in [0, 0.05) is 5.56 Å². The summed E-state index contributed by atoms with van der Waals surface area (Å²) in [4.78, 5) is 14.4. The molecule has 1 amide bonds. The molecule has 2 rings (SSSR count). The topological polar surface area (TPSA) is 62.2 Å². The second-order valence-electron chi connectivity index (χ2n) is 3.94. The van der Waals surface area contributed by atoms with Crippen LogP contribution in [0.5, 0.6) is 0 Å². The van der Waals surface area contributed by atoms with E-state index in [0.29, 0.717) is 11.3 Å². The molecular formula is C13H9F3N2O2. The maximum Gasteiger partial charge on any atom is 0.416 e. The van der Waals surface area contributed by atoms with E-state index in [-0.39, 0.29) is 5.69 Å². The molecule has 0 saturated heterocycles. The zero-order valence-electron chi connectivity index (χ0n) is 9.98. The first-order valence-electron chi connectivity index (χ1n) is 5.50. The summed E-state index contributed by atoms with van der Waals surface area (Å²) in [7, 11) is 0. The zero-order chi connectivity index (χ0) is 14.8. The van der Waals surface area contributed by atoms with Gasteiger partial charge in [0.15, 0.2) is 0 Å². The molecule has 0 atom stereocenters. The Bertz CT molecular complexity index is 607. The lowest BCUT2D eigenvalue weighted by atomic mass is 10.1. The van der Waals surface area contributed by atoms with Crippen LogP contribution in [0.4, 0.5) is 23.7 Å². The molecule has 1 heterocycles. The Balaban J connectivity index is 2.21. The molecular weight excluding hydrogens is 273 g/mol. The van der Waals surface area contributed by atoms with Gasteiger partial charge in [0.1, 0.15) is 0 Å². The van der Waals surface area contributed by atoms with E-state index in [4.69, 9.17) is 5.11 Å². The van der Waals surface area contributed by atoms with Crippen LogP contribution in [-0.2, 0) is 6.18 Å². The summed E-state index contributed by atoms with van der Waals surface area (Å²) in [5.41, 5.74) is 0.521. The number of hydrogen-bond donors (Lipinski definition) is 2. The Morgan fingerprint density at radius 2 is 1.75 bits per heavy atom. The van der Waals surface area contributed by atoms with E-state index in [1.54, 1.807) is 0 Å². The smallest absolute Gasteiger partial charge is 0.416 e. The Kier molecular flexibility index (Phi) is 3.60. The van der Waals surface area contributed by atoms with Gasteiger partial charge in [-0.2, -0.15) is 13.2 Å². The van der Waals surface area contributed by atoms with Gasteiger partial charge in [0.25, 0.3) is 0 Å². The largest absolute Gasteiger partial charge is 0.465 e. The summed E-state index contributed by atoms with van der Waals surface area (Å²) < 4.78 is 37.3. The second kappa shape index (κ2) is 5.20. The van der Waals surface area contributed by atoms with Crippen molar-refractivity contribution < 1.29 is 23.1 Å². The molecule has 0 aliphatic heterocycles. The predicted octanol–water partition coefficient (Wildman–Crippen LogP) is 3.86. The zero-order valence-corrected chi connectivity index (χ0v) is 9.98. The number of carboxylic acid groups (broad SMARTS) is 1. The Morgan fingerprint density at radius 3 is 2.20 bits per heavy atom. The summed E-state index contributed by atoms with van der Waals surface area (Å²) in [5, 5.41) is 10.6. The number of rotatable bonds is 2. The van der Waals surface area contributed by atoms with Crippen LogP contribution in [0.2, 0.25) is 0 Å². The second-order valence-corrected chi connectivity index (χ2v) is 3.94. The monoisotopic (exact) mass is 282 g/mol. The van der Waals surface area contributed by atoms with E-state index in [1.807, 2.05) is 0 Å². The lowest BCUT2D eigenvalue weighted by molar-refractivity contribution is -0.137. The summed E-state index contributed by atoms with van der Waals surface area (Å²) in [6.45, 7) is 0. The lowest BCUT2D eigenvalue weighted by Gasteiger charge is -2.07. The average Bonchev–Trinajstić information content (AvgIpc) is 2.38. The number of alkyl halides is 3. The van der Waals surface area contributed by atoms with E-state index >= 15 is 0 Å². The third kappa shape index (κ3) is 3.25. The fraction of sp³-hybridized carbons (Fsp3) is 0.0769. The SMILES string of the molecule is O=C(O)Nc1ccc(-c2ccc(C(F)(F)F)cc2)nc1. The number of hydrogen-bond acceptors (Lipinski definition) is 2. The molecule has 0 spiro atoms. The van der Waals surface area contributed by atoms with Gasteiger partial charge in [0.2, 0.25) is 0 Å². The molecule has 7 heteroatoms. The Hall–Kier alpha value is -2.57. The fourth-order valence-corrected chi connectivity index (χ4v) is 1.59. The first-order valence-corrected chi connectivity index (χ1v) is 5.50. The third-order valence-electron chi connectivity index (χ3n) is 2.52. The van der Waals surface area contributed by atoms with Gasteiger partial charge in [-0.05, 0) is 24.3 Å². The number of anilines is 1. The van der Waals surface area contributed by atoms with E-state index in [0.717, 1.165) is 12.1 Å². The maximum atomic E-state index is 12.4. The first kappa shape index (κ1) is 13.9. The van der Waals surface area contributed by atoms with Crippen LogP contribution in [0.3, 0.4) is 0 Å². The molecule has 0 fully saturated rings. The van der Waals surface area contributed by atoms with Crippen molar-refractivity contribution in [2.45, 2.75) is 6.18 Å². The highest BCUT2D eigenvalue weighted by atomic mass is 19.4. The lowest BCUT2D eigenvalue weighted by Crippen LogP contribution is -2.07. The molecule has 0 radical (unpaired) electrons. The van der Waals surface area contributed by atoms with E-state index in [2.05, 4.69) is 10.3 Å². The standard InChI is InChI=1S/C13H9F3N2O2/c14-13(15,16)9-3-1-8(2-4-9)11-6-5-10(7-17-11)18-12(19)20/h1-7,18H,(H,19,20). The van der Waals surface area contributed by atoms with Gasteiger partial charge in [-0.3, -0.25) is 10.3 Å². The van der Waals surface area contributed by atoms with Gasteiger partial charge < -0.3 is 5.11 Å². The fourth-order valence-electron chi connectivity index (χ4n) is 1.59. The molecule has 1 aromatic heterocycles. The van der Waals surface area contributed by atoms with E-state index in [9.17, 15) is 18.0 Å². The van der Waals surface area contributed by atoms with Crippen molar-refractivity contribution in [1.82, 2.24) is 4.98 Å². The van der Waals surface area contributed by atoms with Crippen molar-refractivity contribution in [3.8, 4) is 11.3 Å². The summed E-state index contributed by atoms with van der Waals surface area (Å²) in [5.74, 6) is 0.